The average Bonchev–Trinajstić information content (AvgIpc) is 3.13. The molecule has 8 nitrogen and oxygen atoms in total. The van der Waals surface area contributed by atoms with Crippen LogP contribution in [0, 0.1) is 17.9 Å². The van der Waals surface area contributed by atoms with E-state index >= 15 is 0 Å². The molecule has 0 aliphatic carbocycles. The van der Waals surface area contributed by atoms with E-state index < -0.39 is 11.9 Å². The number of thioether (sulfide) groups is 2. The molecule has 30 heavy (non-hydrogen) atoms. The van der Waals surface area contributed by atoms with E-state index in [4.69, 9.17) is 21.3 Å². The molecule has 10 heteroatoms. The van der Waals surface area contributed by atoms with E-state index in [0.717, 1.165) is 47.8 Å². The maximum absolute atomic E-state index is 11.9. The van der Waals surface area contributed by atoms with Gasteiger partial charge in [0.15, 0.2) is 11.6 Å². The number of carbonyl (C=O) groups is 4. The molecule has 0 unspecified atom stereocenters. The molecule has 1 aliphatic heterocycles. The van der Waals surface area contributed by atoms with Crippen LogP contribution in [0.4, 0.5) is 0 Å². The van der Waals surface area contributed by atoms with Crippen molar-refractivity contribution in [3.05, 3.63) is 57.8 Å². The van der Waals surface area contributed by atoms with Gasteiger partial charge in [-0.05, 0) is 38.1 Å². The third-order valence-electron chi connectivity index (χ3n) is 3.17. The largest absolute Gasteiger partial charge is 0.422 e. The molecule has 2 rings (SSSR count). The first-order chi connectivity index (χ1) is 14.2. The molecule has 150 valence electrons. The zero-order chi connectivity index (χ0) is 22.3. The van der Waals surface area contributed by atoms with Gasteiger partial charge in [0.2, 0.25) is 0 Å². The molecular formula is C20H12N2O6S2. The number of hydrogen-bond donors (Lipinski definition) is 0. The van der Waals surface area contributed by atoms with E-state index in [-0.39, 0.29) is 28.8 Å². The van der Waals surface area contributed by atoms with Crippen molar-refractivity contribution in [3.63, 3.8) is 0 Å². The Hall–Kier alpha value is -3.60. The van der Waals surface area contributed by atoms with Gasteiger partial charge in [-0.1, -0.05) is 23.5 Å². The molecule has 0 aromatic heterocycles. The predicted molar refractivity (Wildman–Crippen MR) is 108 cm³/mol. The number of benzene rings is 1. The van der Waals surface area contributed by atoms with Crippen molar-refractivity contribution in [2.75, 3.05) is 0 Å². The molecular weight excluding hydrogens is 428 g/mol. The van der Waals surface area contributed by atoms with Crippen molar-refractivity contribution in [1.29, 1.82) is 5.26 Å². The Balaban J connectivity index is 2.43. The zero-order valence-corrected chi connectivity index (χ0v) is 17.3. The van der Waals surface area contributed by atoms with Crippen molar-refractivity contribution >= 4 is 47.0 Å². The Morgan fingerprint density at radius 2 is 1.37 bits per heavy atom. The highest BCUT2D eigenvalue weighted by Crippen LogP contribution is 2.59. The number of esters is 2. The average molecular weight is 440 g/mol. The van der Waals surface area contributed by atoms with E-state index in [9.17, 15) is 19.2 Å². The number of allylic oxidation sites excluding steroid dienone is 3. The van der Waals surface area contributed by atoms with Gasteiger partial charge in [-0.2, -0.15) is 0 Å². The van der Waals surface area contributed by atoms with Gasteiger partial charge in [-0.15, -0.1) is 0 Å². The van der Waals surface area contributed by atoms with Gasteiger partial charge >= 0.3 is 11.9 Å². The van der Waals surface area contributed by atoms with Crippen LogP contribution in [0.2, 0.25) is 0 Å². The Morgan fingerprint density at radius 1 is 0.933 bits per heavy atom. The Bertz CT molecular complexity index is 1030. The molecule has 0 N–H and O–H groups in total. The summed E-state index contributed by atoms with van der Waals surface area (Å²) in [4.78, 5) is 49.7. The van der Waals surface area contributed by atoms with Gasteiger partial charge in [-0.3, -0.25) is 9.59 Å². The minimum atomic E-state index is -0.796. The first-order valence-electron chi connectivity index (χ1n) is 8.10. The van der Waals surface area contributed by atoms with Crippen LogP contribution >= 0.6 is 23.5 Å². The van der Waals surface area contributed by atoms with Crippen molar-refractivity contribution in [3.8, 4) is 17.6 Å². The summed E-state index contributed by atoms with van der Waals surface area (Å²) in [6.45, 7) is 9.68. The smallest absolute Gasteiger partial charge is 0.336 e. The Morgan fingerprint density at radius 3 is 1.70 bits per heavy atom. The molecule has 0 fully saturated rings. The number of ether oxygens (including phenoxy) is 2. The molecule has 0 radical (unpaired) electrons. The van der Waals surface area contributed by atoms with Crippen LogP contribution in [-0.2, 0) is 19.2 Å². The fourth-order valence-corrected chi connectivity index (χ4v) is 4.43. The van der Waals surface area contributed by atoms with Gasteiger partial charge < -0.3 is 9.47 Å². The Labute approximate surface area is 180 Å². The first kappa shape index (κ1) is 22.7. The van der Waals surface area contributed by atoms with Gasteiger partial charge in [0.25, 0.3) is 5.70 Å². The molecule has 1 heterocycles. The minimum Gasteiger partial charge on any atom is -0.422 e. The van der Waals surface area contributed by atoms with Crippen LogP contribution in [0.3, 0.4) is 0 Å². The summed E-state index contributed by atoms with van der Waals surface area (Å²) < 4.78 is 10.8. The summed E-state index contributed by atoms with van der Waals surface area (Å²) in [7, 11) is 0. The molecule has 1 aliphatic rings. The van der Waals surface area contributed by atoms with Crippen LogP contribution in [0.5, 0.6) is 11.5 Å². The second kappa shape index (κ2) is 10.3. The summed E-state index contributed by atoms with van der Waals surface area (Å²) in [6.07, 6.45) is 4.05. The number of hydrogen-bond acceptors (Lipinski definition) is 9. The van der Waals surface area contributed by atoms with Crippen molar-refractivity contribution in [2.24, 2.45) is 0 Å². The van der Waals surface area contributed by atoms with Crippen LogP contribution in [0.15, 0.2) is 56.2 Å². The van der Waals surface area contributed by atoms with Crippen molar-refractivity contribution in [1.82, 2.24) is 0 Å². The lowest BCUT2D eigenvalue weighted by Crippen LogP contribution is -2.07. The number of nitrogens with zero attached hydrogens (tertiary/aromatic N) is 2. The van der Waals surface area contributed by atoms with Crippen LogP contribution in [-0.4, -0.2) is 23.5 Å². The highest BCUT2D eigenvalue weighted by atomic mass is 32.2. The van der Waals surface area contributed by atoms with Crippen LogP contribution in [0.1, 0.15) is 13.8 Å². The number of ketones is 2. The molecule has 0 atom stereocenters. The number of nitriles is 1. The molecule has 0 saturated heterocycles. The highest BCUT2D eigenvalue weighted by Gasteiger charge is 2.29. The topological polar surface area (TPSA) is 115 Å². The molecule has 0 bridgehead atoms. The third-order valence-corrected chi connectivity index (χ3v) is 5.78. The van der Waals surface area contributed by atoms with Crippen LogP contribution in [0.25, 0.3) is 4.85 Å². The van der Waals surface area contributed by atoms with Gasteiger partial charge in [0.1, 0.15) is 11.5 Å². The van der Waals surface area contributed by atoms with E-state index in [1.54, 1.807) is 6.07 Å². The van der Waals surface area contributed by atoms with E-state index in [1.165, 1.54) is 26.0 Å². The van der Waals surface area contributed by atoms with E-state index in [2.05, 4.69) is 4.85 Å². The maximum atomic E-state index is 11.9. The second-order valence-corrected chi connectivity index (χ2v) is 7.81. The van der Waals surface area contributed by atoms with E-state index in [1.807, 2.05) is 0 Å². The molecule has 0 amide bonds. The molecule has 0 saturated carbocycles. The quantitative estimate of drug-likeness (QED) is 0.215. The lowest BCUT2D eigenvalue weighted by atomic mass is 10.3. The third kappa shape index (κ3) is 5.95. The van der Waals surface area contributed by atoms with Gasteiger partial charge in [-0.25, -0.2) is 19.7 Å². The maximum Gasteiger partial charge on any atom is 0.336 e. The molecule has 1 aromatic rings. The standard InChI is InChI=1S/C20H12N2O6S2/c1-11(23)4-8-16(25)27-14-6-7-15(28-17(26)9-5-12(2)24)19-18(14)29-20(30-19)13(10-21)22-3/h4-9H,1-2H3/b8-4+,9-5+. The van der Waals surface area contributed by atoms with Gasteiger partial charge in [0.05, 0.1) is 26.7 Å². The first-order valence-corrected chi connectivity index (χ1v) is 9.74. The summed E-state index contributed by atoms with van der Waals surface area (Å²) in [5.41, 5.74) is -0.163. The van der Waals surface area contributed by atoms with Gasteiger partial charge in [0, 0.05) is 12.2 Å². The molecule has 0 spiro atoms. The predicted octanol–water partition coefficient (Wildman–Crippen LogP) is 3.60. The van der Waals surface area contributed by atoms with Crippen molar-refractivity contribution < 1.29 is 28.7 Å². The number of carbonyl (C=O) groups excluding carboxylic acids is 4. The zero-order valence-electron chi connectivity index (χ0n) is 15.6. The SMILES string of the molecule is [C-]#[N+]C(C#N)=C1Sc2c(OC(=O)/C=C/C(C)=O)ccc(OC(=O)/C=C/C(C)=O)c2S1. The van der Waals surface area contributed by atoms with E-state index in [0.29, 0.717) is 14.0 Å². The Kier molecular flexibility index (Phi) is 7.76. The highest BCUT2D eigenvalue weighted by molar-refractivity contribution is 8.24. The fourth-order valence-electron chi connectivity index (χ4n) is 1.96. The lowest BCUT2D eigenvalue weighted by molar-refractivity contribution is -0.130. The number of rotatable bonds is 6. The summed E-state index contributed by atoms with van der Waals surface area (Å²) in [5, 5.41) is 9.14. The summed E-state index contributed by atoms with van der Waals surface area (Å²) in [5.74, 6) is -2.03. The summed E-state index contributed by atoms with van der Waals surface area (Å²) in [6, 6.07) is 4.56. The van der Waals surface area contributed by atoms with Crippen molar-refractivity contribution in [2.45, 2.75) is 23.6 Å². The summed E-state index contributed by atoms with van der Waals surface area (Å²) >= 11 is 2.04. The normalized spacial score (nSPS) is 12.2. The van der Waals surface area contributed by atoms with Crippen LogP contribution < -0.4 is 9.47 Å². The second-order valence-electron chi connectivity index (χ2n) is 5.51. The number of fused-ring (bicyclic) bond motifs is 1. The molecule has 1 aromatic carbocycles. The monoisotopic (exact) mass is 440 g/mol. The minimum absolute atomic E-state index is 0.108. The lowest BCUT2D eigenvalue weighted by Gasteiger charge is -2.10. The fraction of sp³-hybridized carbons (Fsp3) is 0.100.